The lowest BCUT2D eigenvalue weighted by molar-refractivity contribution is -0.134. The van der Waals surface area contributed by atoms with Crippen LogP contribution in [0.1, 0.15) is 17.2 Å². The highest BCUT2D eigenvalue weighted by molar-refractivity contribution is 6.03. The minimum atomic E-state index is -0.872. The molecule has 4 aromatic carbocycles. The van der Waals surface area contributed by atoms with Crippen LogP contribution >= 0.6 is 0 Å². The number of fused-ring (bicyclic) bond motifs is 2. The molecule has 2 atom stereocenters. The third-order valence-electron chi connectivity index (χ3n) is 5.53. The Morgan fingerprint density at radius 3 is 1.97 bits per heavy atom. The van der Waals surface area contributed by atoms with E-state index in [0.29, 0.717) is 5.56 Å². The van der Waals surface area contributed by atoms with Crippen LogP contribution in [0.2, 0.25) is 0 Å². The van der Waals surface area contributed by atoms with Crippen LogP contribution in [0.15, 0.2) is 84.9 Å². The van der Waals surface area contributed by atoms with Gasteiger partial charge in [-0.2, -0.15) is 0 Å². The maximum absolute atomic E-state index is 13.0. The molecule has 0 radical (unpaired) electrons. The average molecular weight is 412 g/mol. The standard InChI is InChI=1S/C26H24N2O3/c1-31-24(17-9-3-2-4-10-17)26(30)28-23(25(27)29)16-22-20-13-7-5-11-18(20)15-19-12-6-8-14-21(19)22/h2-15,23-24H,16H2,1H3,(H2,27,29)(H,28,30)/t23-,24+/m1/s1. The first-order valence-electron chi connectivity index (χ1n) is 10.2. The average Bonchev–Trinajstić information content (AvgIpc) is 2.79. The minimum absolute atomic E-state index is 0.286. The normalized spacial score (nSPS) is 13.1. The molecule has 0 aliphatic carbocycles. The highest BCUT2D eigenvalue weighted by atomic mass is 16.5. The summed E-state index contributed by atoms with van der Waals surface area (Å²) in [4.78, 5) is 25.3. The summed E-state index contributed by atoms with van der Waals surface area (Å²) in [6, 6.07) is 26.5. The SMILES string of the molecule is CO[C@H](C(=O)N[C@H](Cc1c2ccccc2cc2ccccc12)C(N)=O)c1ccccc1. The number of carbonyl (C=O) groups excluding carboxylic acids is 2. The van der Waals surface area contributed by atoms with Gasteiger partial charge in [-0.15, -0.1) is 0 Å². The Morgan fingerprint density at radius 1 is 0.871 bits per heavy atom. The quantitative estimate of drug-likeness (QED) is 0.452. The lowest BCUT2D eigenvalue weighted by atomic mass is 9.92. The topological polar surface area (TPSA) is 81.4 Å². The molecule has 4 rings (SSSR count). The van der Waals surface area contributed by atoms with E-state index in [2.05, 4.69) is 11.4 Å². The summed E-state index contributed by atoms with van der Waals surface area (Å²) < 4.78 is 5.41. The maximum atomic E-state index is 13.0. The van der Waals surface area contributed by atoms with E-state index in [1.54, 1.807) is 0 Å². The van der Waals surface area contributed by atoms with Crippen molar-refractivity contribution in [1.29, 1.82) is 0 Å². The summed E-state index contributed by atoms with van der Waals surface area (Å²) in [5.41, 5.74) is 7.39. The van der Waals surface area contributed by atoms with Gasteiger partial charge in [0, 0.05) is 13.5 Å². The predicted molar refractivity (Wildman–Crippen MR) is 122 cm³/mol. The van der Waals surface area contributed by atoms with Gasteiger partial charge in [0.1, 0.15) is 6.04 Å². The number of benzene rings is 4. The maximum Gasteiger partial charge on any atom is 0.254 e. The molecule has 5 nitrogen and oxygen atoms in total. The van der Waals surface area contributed by atoms with E-state index in [-0.39, 0.29) is 6.42 Å². The zero-order valence-corrected chi connectivity index (χ0v) is 17.2. The second-order valence-corrected chi connectivity index (χ2v) is 7.49. The lowest BCUT2D eigenvalue weighted by Crippen LogP contribution is -2.47. The molecule has 31 heavy (non-hydrogen) atoms. The second kappa shape index (κ2) is 8.98. The Labute approximate surface area is 180 Å². The molecule has 0 aromatic heterocycles. The van der Waals surface area contributed by atoms with E-state index in [1.807, 2.05) is 78.9 Å². The number of hydrogen-bond donors (Lipinski definition) is 2. The van der Waals surface area contributed by atoms with Gasteiger partial charge in [-0.1, -0.05) is 78.9 Å². The summed E-state index contributed by atoms with van der Waals surface area (Å²) in [6.45, 7) is 0. The third kappa shape index (κ3) is 4.27. The Kier molecular flexibility index (Phi) is 5.96. The molecular weight excluding hydrogens is 388 g/mol. The van der Waals surface area contributed by atoms with E-state index in [4.69, 9.17) is 10.5 Å². The molecule has 0 bridgehead atoms. The van der Waals surface area contributed by atoms with Crippen molar-refractivity contribution in [3.8, 4) is 0 Å². The van der Waals surface area contributed by atoms with Gasteiger partial charge in [0.25, 0.3) is 5.91 Å². The number of primary amides is 1. The first-order chi connectivity index (χ1) is 15.1. The predicted octanol–water partition coefficient (Wildman–Crippen LogP) is 3.89. The minimum Gasteiger partial charge on any atom is -0.368 e. The van der Waals surface area contributed by atoms with E-state index in [0.717, 1.165) is 27.1 Å². The first-order valence-corrected chi connectivity index (χ1v) is 10.2. The van der Waals surface area contributed by atoms with Crippen LogP contribution in [0.3, 0.4) is 0 Å². The van der Waals surface area contributed by atoms with E-state index in [9.17, 15) is 9.59 Å². The van der Waals surface area contributed by atoms with Crippen LogP contribution in [-0.4, -0.2) is 25.0 Å². The van der Waals surface area contributed by atoms with Crippen molar-refractivity contribution in [2.75, 3.05) is 7.11 Å². The van der Waals surface area contributed by atoms with Crippen molar-refractivity contribution < 1.29 is 14.3 Å². The van der Waals surface area contributed by atoms with Gasteiger partial charge < -0.3 is 15.8 Å². The molecule has 0 heterocycles. The fourth-order valence-corrected chi connectivity index (χ4v) is 4.02. The smallest absolute Gasteiger partial charge is 0.254 e. The van der Waals surface area contributed by atoms with Gasteiger partial charge in [-0.25, -0.2) is 0 Å². The van der Waals surface area contributed by atoms with Crippen molar-refractivity contribution in [2.24, 2.45) is 5.73 Å². The van der Waals surface area contributed by atoms with Gasteiger partial charge in [0.2, 0.25) is 5.91 Å². The second-order valence-electron chi connectivity index (χ2n) is 7.49. The highest BCUT2D eigenvalue weighted by Gasteiger charge is 2.26. The Bertz CT molecular complexity index is 1180. The summed E-state index contributed by atoms with van der Waals surface area (Å²) in [5, 5.41) is 7.02. The zero-order chi connectivity index (χ0) is 21.8. The van der Waals surface area contributed by atoms with Crippen molar-refractivity contribution >= 4 is 33.4 Å². The molecule has 156 valence electrons. The molecule has 0 fully saturated rings. The number of nitrogens with two attached hydrogens (primary N) is 1. The van der Waals surface area contributed by atoms with Crippen LogP contribution in [0.5, 0.6) is 0 Å². The van der Waals surface area contributed by atoms with E-state index < -0.39 is 24.0 Å². The third-order valence-corrected chi connectivity index (χ3v) is 5.53. The first kappa shape index (κ1) is 20.6. The molecular formula is C26H24N2O3. The summed E-state index contributed by atoms with van der Waals surface area (Å²) in [5.74, 6) is -0.990. The summed E-state index contributed by atoms with van der Waals surface area (Å²) in [7, 11) is 1.47. The van der Waals surface area contributed by atoms with Gasteiger partial charge in [0.15, 0.2) is 6.10 Å². The number of hydrogen-bond acceptors (Lipinski definition) is 3. The van der Waals surface area contributed by atoms with Crippen molar-refractivity contribution in [1.82, 2.24) is 5.32 Å². The van der Waals surface area contributed by atoms with Crippen molar-refractivity contribution in [2.45, 2.75) is 18.6 Å². The number of rotatable bonds is 7. The van der Waals surface area contributed by atoms with Crippen LogP contribution in [0.4, 0.5) is 0 Å². The Balaban J connectivity index is 1.69. The number of nitrogens with one attached hydrogen (secondary N) is 1. The summed E-state index contributed by atoms with van der Waals surface area (Å²) >= 11 is 0. The molecule has 0 spiro atoms. The molecule has 3 N–H and O–H groups in total. The fraction of sp³-hybridized carbons (Fsp3) is 0.154. The van der Waals surface area contributed by atoms with Gasteiger partial charge in [-0.3, -0.25) is 9.59 Å². The molecule has 0 saturated heterocycles. The number of carbonyl (C=O) groups is 2. The van der Waals surface area contributed by atoms with Crippen LogP contribution in [0, 0.1) is 0 Å². The number of ether oxygens (including phenoxy) is 1. The van der Waals surface area contributed by atoms with Crippen LogP contribution in [-0.2, 0) is 20.7 Å². The van der Waals surface area contributed by atoms with Crippen molar-refractivity contribution in [3.05, 3.63) is 96.1 Å². The lowest BCUT2D eigenvalue weighted by Gasteiger charge is -2.22. The largest absolute Gasteiger partial charge is 0.368 e. The molecule has 4 aromatic rings. The number of methoxy groups -OCH3 is 1. The zero-order valence-electron chi connectivity index (χ0n) is 17.2. The van der Waals surface area contributed by atoms with Gasteiger partial charge in [-0.05, 0) is 38.7 Å². The summed E-state index contributed by atoms with van der Waals surface area (Å²) in [6.07, 6.45) is -0.541. The van der Waals surface area contributed by atoms with Crippen LogP contribution in [0.25, 0.3) is 21.5 Å². The monoisotopic (exact) mass is 412 g/mol. The molecule has 2 amide bonds. The molecule has 0 saturated carbocycles. The Hall–Kier alpha value is -3.70. The van der Waals surface area contributed by atoms with Crippen molar-refractivity contribution in [3.63, 3.8) is 0 Å². The van der Waals surface area contributed by atoms with Gasteiger partial charge in [0.05, 0.1) is 0 Å². The fourth-order valence-electron chi connectivity index (χ4n) is 4.02. The molecule has 0 unspecified atom stereocenters. The van der Waals surface area contributed by atoms with Crippen LogP contribution < -0.4 is 11.1 Å². The number of amides is 2. The van der Waals surface area contributed by atoms with E-state index in [1.165, 1.54) is 7.11 Å². The molecule has 5 heteroatoms. The highest BCUT2D eigenvalue weighted by Crippen LogP contribution is 2.29. The Morgan fingerprint density at radius 2 is 1.42 bits per heavy atom. The molecule has 0 aliphatic heterocycles. The van der Waals surface area contributed by atoms with E-state index >= 15 is 0 Å². The van der Waals surface area contributed by atoms with Gasteiger partial charge >= 0.3 is 0 Å². The molecule has 0 aliphatic rings.